The Morgan fingerprint density at radius 2 is 2.05 bits per heavy atom. The molecular formula is C16H21F3N2O. The van der Waals surface area contributed by atoms with E-state index < -0.39 is 12.1 Å². The van der Waals surface area contributed by atoms with Crippen LogP contribution in [-0.2, 0) is 4.79 Å². The second-order valence-electron chi connectivity index (χ2n) is 5.87. The summed E-state index contributed by atoms with van der Waals surface area (Å²) in [6.07, 6.45) is -2.48. The van der Waals surface area contributed by atoms with Crippen molar-refractivity contribution >= 4 is 17.3 Å². The van der Waals surface area contributed by atoms with Gasteiger partial charge in [0.05, 0.1) is 5.92 Å². The maximum Gasteiger partial charge on any atom is 0.391 e. The van der Waals surface area contributed by atoms with Gasteiger partial charge >= 0.3 is 6.18 Å². The maximum absolute atomic E-state index is 12.8. The Hall–Kier alpha value is -1.72. The molecule has 0 radical (unpaired) electrons. The number of amides is 1. The molecule has 0 heterocycles. The summed E-state index contributed by atoms with van der Waals surface area (Å²) in [4.78, 5) is 12.9. The summed E-state index contributed by atoms with van der Waals surface area (Å²) in [6, 6.07) is 7.01. The molecule has 122 valence electrons. The van der Waals surface area contributed by atoms with Gasteiger partial charge < -0.3 is 10.2 Å². The highest BCUT2D eigenvalue weighted by Gasteiger charge is 2.42. The van der Waals surface area contributed by atoms with Crippen LogP contribution in [0.25, 0.3) is 0 Å². The first-order chi connectivity index (χ1) is 10.3. The fraction of sp³-hybridized carbons (Fsp3) is 0.562. The van der Waals surface area contributed by atoms with Crippen LogP contribution in [0.15, 0.2) is 24.3 Å². The van der Waals surface area contributed by atoms with Crippen LogP contribution in [0.5, 0.6) is 0 Å². The van der Waals surface area contributed by atoms with Crippen LogP contribution in [0.4, 0.5) is 24.5 Å². The lowest BCUT2D eigenvalue weighted by Crippen LogP contribution is -2.34. The van der Waals surface area contributed by atoms with Crippen molar-refractivity contribution in [3.63, 3.8) is 0 Å². The van der Waals surface area contributed by atoms with Crippen molar-refractivity contribution < 1.29 is 18.0 Å². The standard InChI is InChI=1S/C16H21F3N2O/c1-11(22)21(2)15-8-4-7-14(10-15)20-13-6-3-5-12(9-13)16(17,18)19/h4,7-8,10,12-13,20H,3,5-6,9H2,1-2H3/t12-,13+/m0/s1. The highest BCUT2D eigenvalue weighted by molar-refractivity contribution is 5.91. The van der Waals surface area contributed by atoms with E-state index in [9.17, 15) is 18.0 Å². The van der Waals surface area contributed by atoms with Crippen molar-refractivity contribution in [3.05, 3.63) is 24.3 Å². The number of benzene rings is 1. The van der Waals surface area contributed by atoms with Crippen LogP contribution in [0.3, 0.4) is 0 Å². The molecule has 6 heteroatoms. The third-order valence-corrected chi connectivity index (χ3v) is 4.21. The van der Waals surface area contributed by atoms with Gasteiger partial charge in [0.1, 0.15) is 0 Å². The molecule has 3 nitrogen and oxygen atoms in total. The van der Waals surface area contributed by atoms with E-state index in [1.54, 1.807) is 25.2 Å². The molecule has 1 amide bonds. The molecule has 1 aliphatic carbocycles. The average molecular weight is 314 g/mol. The molecule has 0 aliphatic heterocycles. The Labute approximate surface area is 128 Å². The van der Waals surface area contributed by atoms with Crippen molar-refractivity contribution in [2.75, 3.05) is 17.3 Å². The zero-order valence-electron chi connectivity index (χ0n) is 12.8. The minimum Gasteiger partial charge on any atom is -0.382 e. The second-order valence-corrected chi connectivity index (χ2v) is 5.87. The Balaban J connectivity index is 2.04. The molecular weight excluding hydrogens is 293 g/mol. The van der Waals surface area contributed by atoms with Gasteiger partial charge in [-0.2, -0.15) is 13.2 Å². The van der Waals surface area contributed by atoms with E-state index in [2.05, 4.69) is 5.32 Å². The van der Waals surface area contributed by atoms with Gasteiger partial charge in [-0.1, -0.05) is 12.5 Å². The molecule has 1 aliphatic rings. The molecule has 0 spiro atoms. The van der Waals surface area contributed by atoms with E-state index in [1.165, 1.54) is 11.8 Å². The SMILES string of the molecule is CC(=O)N(C)c1cccc(N[C@@H]2CCC[C@H](C(F)(F)F)C2)c1. The number of rotatable bonds is 3. The predicted octanol–water partition coefficient (Wildman–Crippen LogP) is 4.20. The van der Waals surface area contributed by atoms with E-state index in [1.807, 2.05) is 6.07 Å². The second kappa shape index (κ2) is 6.58. The number of hydrogen-bond donors (Lipinski definition) is 1. The Morgan fingerprint density at radius 3 is 2.68 bits per heavy atom. The van der Waals surface area contributed by atoms with Gasteiger partial charge in [-0.3, -0.25) is 4.79 Å². The van der Waals surface area contributed by atoms with Gasteiger partial charge in [-0.25, -0.2) is 0 Å². The summed E-state index contributed by atoms with van der Waals surface area (Å²) in [5.41, 5.74) is 1.47. The predicted molar refractivity (Wildman–Crippen MR) is 80.9 cm³/mol. The summed E-state index contributed by atoms with van der Waals surface area (Å²) in [7, 11) is 1.67. The Kier molecular flexibility index (Phi) is 4.98. The largest absolute Gasteiger partial charge is 0.391 e. The van der Waals surface area contributed by atoms with E-state index in [-0.39, 0.29) is 24.8 Å². The molecule has 0 aromatic heterocycles. The van der Waals surface area contributed by atoms with E-state index in [0.717, 1.165) is 17.8 Å². The number of carbonyl (C=O) groups excluding carboxylic acids is 1. The van der Waals surface area contributed by atoms with E-state index in [0.29, 0.717) is 6.42 Å². The number of nitrogens with one attached hydrogen (secondary N) is 1. The first-order valence-electron chi connectivity index (χ1n) is 7.45. The highest BCUT2D eigenvalue weighted by atomic mass is 19.4. The smallest absolute Gasteiger partial charge is 0.382 e. The van der Waals surface area contributed by atoms with Crippen molar-refractivity contribution in [2.24, 2.45) is 5.92 Å². The Bertz CT molecular complexity index is 530. The first kappa shape index (κ1) is 16.6. The number of hydrogen-bond acceptors (Lipinski definition) is 2. The van der Waals surface area contributed by atoms with Crippen LogP contribution in [0.1, 0.15) is 32.6 Å². The van der Waals surface area contributed by atoms with Gasteiger partial charge in [-0.05, 0) is 37.5 Å². The summed E-state index contributed by atoms with van der Waals surface area (Å²) in [5.74, 6) is -1.31. The number of anilines is 2. The van der Waals surface area contributed by atoms with Gasteiger partial charge in [0.2, 0.25) is 5.91 Å². The molecule has 0 saturated heterocycles. The first-order valence-corrected chi connectivity index (χ1v) is 7.45. The van der Waals surface area contributed by atoms with Crippen LogP contribution in [0.2, 0.25) is 0 Å². The minimum absolute atomic E-state index is 0.0908. The minimum atomic E-state index is -4.11. The van der Waals surface area contributed by atoms with Crippen molar-refractivity contribution in [3.8, 4) is 0 Å². The molecule has 1 N–H and O–H groups in total. The molecule has 2 rings (SSSR count). The van der Waals surface area contributed by atoms with Crippen LogP contribution < -0.4 is 10.2 Å². The normalized spacial score (nSPS) is 22.2. The van der Waals surface area contributed by atoms with Gasteiger partial charge in [0.15, 0.2) is 0 Å². The van der Waals surface area contributed by atoms with E-state index >= 15 is 0 Å². The zero-order valence-corrected chi connectivity index (χ0v) is 12.8. The lowest BCUT2D eigenvalue weighted by molar-refractivity contribution is -0.182. The highest BCUT2D eigenvalue weighted by Crippen LogP contribution is 2.38. The maximum atomic E-state index is 12.8. The van der Waals surface area contributed by atoms with Gasteiger partial charge in [0, 0.05) is 31.4 Å². The van der Waals surface area contributed by atoms with E-state index in [4.69, 9.17) is 0 Å². The van der Waals surface area contributed by atoms with Gasteiger partial charge in [0.25, 0.3) is 0 Å². The number of nitrogens with zero attached hydrogens (tertiary/aromatic N) is 1. The van der Waals surface area contributed by atoms with Crippen molar-refractivity contribution in [1.82, 2.24) is 0 Å². The summed E-state index contributed by atoms with van der Waals surface area (Å²) >= 11 is 0. The number of alkyl halides is 3. The molecule has 22 heavy (non-hydrogen) atoms. The van der Waals surface area contributed by atoms with Crippen molar-refractivity contribution in [2.45, 2.75) is 44.8 Å². The molecule has 0 bridgehead atoms. The molecule has 0 unspecified atom stereocenters. The molecule has 2 atom stereocenters. The average Bonchev–Trinajstić information content (AvgIpc) is 2.46. The summed E-state index contributed by atoms with van der Waals surface area (Å²) in [6.45, 7) is 1.47. The van der Waals surface area contributed by atoms with Gasteiger partial charge in [-0.15, -0.1) is 0 Å². The summed E-state index contributed by atoms with van der Waals surface area (Å²) < 4.78 is 38.5. The van der Waals surface area contributed by atoms with Crippen LogP contribution in [-0.4, -0.2) is 25.2 Å². The lowest BCUT2D eigenvalue weighted by atomic mass is 9.85. The molecule has 1 aromatic rings. The van der Waals surface area contributed by atoms with Crippen molar-refractivity contribution in [1.29, 1.82) is 0 Å². The fourth-order valence-electron chi connectivity index (χ4n) is 2.84. The third-order valence-electron chi connectivity index (χ3n) is 4.21. The molecule has 1 saturated carbocycles. The lowest BCUT2D eigenvalue weighted by Gasteiger charge is -2.31. The van der Waals surface area contributed by atoms with Crippen LogP contribution in [0, 0.1) is 5.92 Å². The molecule has 1 aromatic carbocycles. The number of halogens is 3. The topological polar surface area (TPSA) is 32.3 Å². The monoisotopic (exact) mass is 314 g/mol. The zero-order chi connectivity index (χ0) is 16.3. The molecule has 1 fully saturated rings. The number of carbonyl (C=O) groups is 1. The van der Waals surface area contributed by atoms with Crippen LogP contribution >= 0.6 is 0 Å². The fourth-order valence-corrected chi connectivity index (χ4v) is 2.84. The summed E-state index contributed by atoms with van der Waals surface area (Å²) in [5, 5.41) is 3.18. The Morgan fingerprint density at radius 1 is 1.32 bits per heavy atom. The third kappa shape index (κ3) is 4.15. The quantitative estimate of drug-likeness (QED) is 0.907.